The van der Waals surface area contributed by atoms with E-state index in [1.807, 2.05) is 18.2 Å². The van der Waals surface area contributed by atoms with Gasteiger partial charge in [0.25, 0.3) is 5.56 Å². The summed E-state index contributed by atoms with van der Waals surface area (Å²) in [5.41, 5.74) is 0.853. The third-order valence-corrected chi connectivity index (χ3v) is 7.00. The lowest BCUT2D eigenvalue weighted by Crippen LogP contribution is -2.41. The van der Waals surface area contributed by atoms with Crippen molar-refractivity contribution in [3.8, 4) is 0 Å². The van der Waals surface area contributed by atoms with E-state index < -0.39 is 15.8 Å². The summed E-state index contributed by atoms with van der Waals surface area (Å²) in [6, 6.07) is 12.9. The molecular formula is C20H20FN3O3S. The molecule has 0 spiro atoms. The Morgan fingerprint density at radius 1 is 1.07 bits per heavy atom. The van der Waals surface area contributed by atoms with Crippen molar-refractivity contribution in [3.05, 3.63) is 76.6 Å². The van der Waals surface area contributed by atoms with E-state index in [0.717, 1.165) is 5.56 Å². The molecule has 0 radical (unpaired) electrons. The molecular weight excluding hydrogens is 381 g/mol. The van der Waals surface area contributed by atoms with Crippen LogP contribution in [0.25, 0.3) is 10.9 Å². The zero-order chi connectivity index (χ0) is 19.7. The lowest BCUT2D eigenvalue weighted by atomic mass is 10.1. The maximum atomic E-state index is 13.3. The second kappa shape index (κ2) is 7.44. The number of benzene rings is 2. The van der Waals surface area contributed by atoms with Crippen LogP contribution in [0.2, 0.25) is 0 Å². The van der Waals surface area contributed by atoms with Crippen molar-refractivity contribution in [1.82, 2.24) is 13.9 Å². The number of nitrogens with zero attached hydrogens (tertiary/aromatic N) is 3. The molecule has 3 aromatic rings. The minimum atomic E-state index is -3.40. The molecule has 1 aliphatic heterocycles. The Labute approximate surface area is 162 Å². The van der Waals surface area contributed by atoms with E-state index in [1.165, 1.54) is 28.8 Å². The quantitative estimate of drug-likeness (QED) is 0.674. The van der Waals surface area contributed by atoms with Crippen molar-refractivity contribution in [2.75, 3.05) is 13.1 Å². The summed E-state index contributed by atoms with van der Waals surface area (Å²) in [6.07, 6.45) is 2.49. The highest BCUT2D eigenvalue weighted by Crippen LogP contribution is 2.25. The van der Waals surface area contributed by atoms with Crippen molar-refractivity contribution in [1.29, 1.82) is 0 Å². The molecule has 4 rings (SSSR count). The molecule has 1 saturated heterocycles. The second-order valence-electron chi connectivity index (χ2n) is 6.99. The molecule has 0 N–H and O–H groups in total. The monoisotopic (exact) mass is 401 g/mol. The zero-order valence-corrected chi connectivity index (χ0v) is 16.0. The van der Waals surface area contributed by atoms with E-state index in [4.69, 9.17) is 0 Å². The lowest BCUT2D eigenvalue weighted by Gasteiger charge is -2.32. The van der Waals surface area contributed by atoms with Crippen molar-refractivity contribution >= 4 is 20.9 Å². The van der Waals surface area contributed by atoms with Crippen LogP contribution in [0.4, 0.5) is 4.39 Å². The fourth-order valence-electron chi connectivity index (χ4n) is 3.64. The number of sulfonamides is 1. The molecule has 0 atom stereocenters. The Kier molecular flexibility index (Phi) is 4.99. The summed E-state index contributed by atoms with van der Waals surface area (Å²) in [5.74, 6) is -0.462. The van der Waals surface area contributed by atoms with Gasteiger partial charge < -0.3 is 0 Å². The van der Waals surface area contributed by atoms with E-state index in [1.54, 1.807) is 16.7 Å². The fourth-order valence-corrected chi connectivity index (χ4v) is 5.21. The number of fused-ring (bicyclic) bond motifs is 1. The van der Waals surface area contributed by atoms with Gasteiger partial charge >= 0.3 is 0 Å². The Hall–Kier alpha value is -2.58. The molecule has 0 saturated carbocycles. The largest absolute Gasteiger partial charge is 0.296 e. The molecule has 1 aliphatic rings. The minimum absolute atomic E-state index is 0.0262. The first-order chi connectivity index (χ1) is 13.4. The number of hydrogen-bond acceptors (Lipinski definition) is 4. The van der Waals surface area contributed by atoms with Crippen molar-refractivity contribution in [3.63, 3.8) is 0 Å². The number of rotatable bonds is 4. The summed E-state index contributed by atoms with van der Waals surface area (Å²) in [4.78, 5) is 16.9. The summed E-state index contributed by atoms with van der Waals surface area (Å²) < 4.78 is 41.7. The summed E-state index contributed by atoms with van der Waals surface area (Å²) in [5, 5.41) is 0.364. The van der Waals surface area contributed by atoms with Crippen LogP contribution in [0.15, 0.2) is 59.7 Å². The maximum Gasteiger partial charge on any atom is 0.261 e. The van der Waals surface area contributed by atoms with Crippen LogP contribution >= 0.6 is 0 Å². The average Bonchev–Trinajstić information content (AvgIpc) is 2.69. The number of halogens is 1. The molecule has 1 aromatic heterocycles. The number of aromatic nitrogens is 2. The van der Waals surface area contributed by atoms with E-state index in [0.29, 0.717) is 36.8 Å². The first kappa shape index (κ1) is 18.8. The predicted octanol–water partition coefficient (Wildman–Crippen LogP) is 2.70. The molecule has 6 nitrogen and oxygen atoms in total. The zero-order valence-electron chi connectivity index (χ0n) is 15.2. The highest BCUT2D eigenvalue weighted by molar-refractivity contribution is 7.88. The van der Waals surface area contributed by atoms with Crippen LogP contribution in [0.1, 0.15) is 24.4 Å². The van der Waals surface area contributed by atoms with E-state index in [2.05, 4.69) is 4.98 Å². The van der Waals surface area contributed by atoms with Crippen LogP contribution < -0.4 is 5.56 Å². The molecule has 2 heterocycles. The van der Waals surface area contributed by atoms with Crippen LogP contribution in [0, 0.1) is 5.82 Å². The highest BCUT2D eigenvalue weighted by Gasteiger charge is 2.29. The molecule has 0 bridgehead atoms. The molecule has 8 heteroatoms. The number of hydrogen-bond donors (Lipinski definition) is 0. The third-order valence-electron chi connectivity index (χ3n) is 5.15. The summed E-state index contributed by atoms with van der Waals surface area (Å²) in [6.45, 7) is 0.710. The number of piperidine rings is 1. The van der Waals surface area contributed by atoms with Gasteiger partial charge in [0, 0.05) is 25.2 Å². The molecule has 28 heavy (non-hydrogen) atoms. The van der Waals surface area contributed by atoms with E-state index in [9.17, 15) is 17.6 Å². The predicted molar refractivity (Wildman–Crippen MR) is 105 cm³/mol. The normalized spacial score (nSPS) is 16.5. The summed E-state index contributed by atoms with van der Waals surface area (Å²) in [7, 11) is -3.40. The molecule has 2 aromatic carbocycles. The smallest absolute Gasteiger partial charge is 0.261 e. The van der Waals surface area contributed by atoms with Crippen molar-refractivity contribution in [2.45, 2.75) is 24.6 Å². The van der Waals surface area contributed by atoms with Gasteiger partial charge in [-0.15, -0.1) is 0 Å². The van der Waals surface area contributed by atoms with Crippen LogP contribution in [0.3, 0.4) is 0 Å². The van der Waals surface area contributed by atoms with E-state index in [-0.39, 0.29) is 17.4 Å². The summed E-state index contributed by atoms with van der Waals surface area (Å²) >= 11 is 0. The van der Waals surface area contributed by atoms with Gasteiger partial charge in [-0.25, -0.2) is 22.1 Å². The average molecular weight is 401 g/mol. The molecule has 146 valence electrons. The maximum absolute atomic E-state index is 13.3. The van der Waals surface area contributed by atoms with Gasteiger partial charge in [-0.2, -0.15) is 0 Å². The molecule has 0 unspecified atom stereocenters. The van der Waals surface area contributed by atoms with Gasteiger partial charge in [-0.05, 0) is 30.5 Å². The molecule has 0 aliphatic carbocycles. The molecule has 0 amide bonds. The van der Waals surface area contributed by atoms with Gasteiger partial charge in [0.1, 0.15) is 5.82 Å². The third kappa shape index (κ3) is 3.70. The first-order valence-corrected chi connectivity index (χ1v) is 10.7. The van der Waals surface area contributed by atoms with Gasteiger partial charge in [0.2, 0.25) is 10.0 Å². The van der Waals surface area contributed by atoms with Crippen LogP contribution in [0.5, 0.6) is 0 Å². The van der Waals surface area contributed by atoms with Gasteiger partial charge in [0.05, 0.1) is 23.0 Å². The van der Waals surface area contributed by atoms with Gasteiger partial charge in [0.15, 0.2) is 0 Å². The van der Waals surface area contributed by atoms with Crippen LogP contribution in [-0.2, 0) is 15.8 Å². The fraction of sp³-hybridized carbons (Fsp3) is 0.300. The highest BCUT2D eigenvalue weighted by atomic mass is 32.2. The Morgan fingerprint density at radius 3 is 2.50 bits per heavy atom. The lowest BCUT2D eigenvalue weighted by molar-refractivity contribution is 0.269. The van der Waals surface area contributed by atoms with Crippen LogP contribution in [-0.4, -0.2) is 35.4 Å². The topological polar surface area (TPSA) is 72.3 Å². The SMILES string of the molecule is O=c1c2ccc(F)cc2ncn1C1CCN(S(=O)(=O)Cc2ccccc2)CC1. The van der Waals surface area contributed by atoms with Crippen molar-refractivity contribution in [2.24, 2.45) is 0 Å². The minimum Gasteiger partial charge on any atom is -0.296 e. The van der Waals surface area contributed by atoms with Gasteiger partial charge in [-0.1, -0.05) is 30.3 Å². The second-order valence-corrected chi connectivity index (χ2v) is 8.96. The van der Waals surface area contributed by atoms with Crippen molar-refractivity contribution < 1.29 is 12.8 Å². The standard InChI is InChI=1S/C20H20FN3O3S/c21-16-6-7-18-19(12-16)22-14-24(20(18)25)17-8-10-23(11-9-17)28(26,27)13-15-4-2-1-3-5-15/h1-7,12,14,17H,8-11,13H2. The Balaban J connectivity index is 1.50. The Bertz CT molecular complexity index is 1150. The van der Waals surface area contributed by atoms with Gasteiger partial charge in [-0.3, -0.25) is 9.36 Å². The molecule has 1 fully saturated rings. The first-order valence-electron chi connectivity index (χ1n) is 9.12. The van der Waals surface area contributed by atoms with E-state index >= 15 is 0 Å². The Morgan fingerprint density at radius 2 is 1.79 bits per heavy atom.